The number of likely N-dealkylation sites (tertiary alicyclic amines) is 1. The molecule has 4 heteroatoms. The molecule has 0 bridgehead atoms. The van der Waals surface area contributed by atoms with Crippen LogP contribution in [0.15, 0.2) is 0 Å². The van der Waals surface area contributed by atoms with E-state index < -0.39 is 5.97 Å². The van der Waals surface area contributed by atoms with Crippen LogP contribution >= 0.6 is 0 Å². The maximum atomic E-state index is 10.5. The van der Waals surface area contributed by atoms with Crippen LogP contribution in [0.3, 0.4) is 0 Å². The zero-order valence-corrected chi connectivity index (χ0v) is 10.3. The molecule has 1 atom stereocenters. The molecular weight excluding hydrogens is 206 g/mol. The van der Waals surface area contributed by atoms with E-state index in [-0.39, 0.29) is 6.42 Å². The third-order valence-electron chi connectivity index (χ3n) is 2.77. The van der Waals surface area contributed by atoms with Gasteiger partial charge in [0.05, 0.1) is 12.5 Å². The minimum atomic E-state index is -0.717. The number of carbonyl (C=O) groups is 1. The monoisotopic (exact) mass is 229 g/mol. The Hall–Kier alpha value is -0.610. The second-order valence-corrected chi connectivity index (χ2v) is 4.94. The van der Waals surface area contributed by atoms with Crippen molar-refractivity contribution < 1.29 is 14.6 Å². The van der Waals surface area contributed by atoms with E-state index in [0.717, 1.165) is 32.5 Å². The highest BCUT2D eigenvalue weighted by Gasteiger charge is 2.20. The first-order valence-electron chi connectivity index (χ1n) is 6.13. The zero-order valence-electron chi connectivity index (χ0n) is 10.3. The van der Waals surface area contributed by atoms with E-state index in [1.807, 2.05) is 0 Å². The van der Waals surface area contributed by atoms with Crippen molar-refractivity contribution in [3.63, 3.8) is 0 Å². The highest BCUT2D eigenvalue weighted by atomic mass is 16.5. The predicted octanol–water partition coefficient (Wildman–Crippen LogP) is 1.60. The van der Waals surface area contributed by atoms with Crippen LogP contribution in [-0.4, -0.2) is 48.3 Å². The number of hydrogen-bond acceptors (Lipinski definition) is 3. The molecule has 0 aromatic rings. The summed E-state index contributed by atoms with van der Waals surface area (Å²) in [5, 5.41) is 8.63. The van der Waals surface area contributed by atoms with Crippen LogP contribution < -0.4 is 0 Å². The first kappa shape index (κ1) is 13.5. The van der Waals surface area contributed by atoms with Crippen LogP contribution in [0, 0.1) is 5.92 Å². The van der Waals surface area contributed by atoms with Crippen LogP contribution in [0.2, 0.25) is 0 Å². The maximum absolute atomic E-state index is 10.5. The van der Waals surface area contributed by atoms with E-state index in [9.17, 15) is 4.79 Å². The number of piperidine rings is 1. The number of nitrogens with zero attached hydrogens (tertiary/aromatic N) is 1. The van der Waals surface area contributed by atoms with Crippen molar-refractivity contribution in [3.05, 3.63) is 0 Å². The summed E-state index contributed by atoms with van der Waals surface area (Å²) in [6.45, 7) is 7.64. The van der Waals surface area contributed by atoms with Crippen molar-refractivity contribution in [2.75, 3.05) is 26.2 Å². The van der Waals surface area contributed by atoms with Gasteiger partial charge in [0.15, 0.2) is 0 Å². The highest BCUT2D eigenvalue weighted by Crippen LogP contribution is 2.14. The fourth-order valence-electron chi connectivity index (χ4n) is 1.93. The van der Waals surface area contributed by atoms with Gasteiger partial charge in [-0.15, -0.1) is 0 Å². The number of ether oxygens (including phenoxy) is 1. The second kappa shape index (κ2) is 6.86. The molecule has 4 nitrogen and oxygen atoms in total. The van der Waals surface area contributed by atoms with Gasteiger partial charge in [0.1, 0.15) is 0 Å². The first-order valence-corrected chi connectivity index (χ1v) is 6.13. The second-order valence-electron chi connectivity index (χ2n) is 4.94. The molecule has 1 heterocycles. The Morgan fingerprint density at radius 1 is 1.56 bits per heavy atom. The fraction of sp³-hybridized carbons (Fsp3) is 0.917. The van der Waals surface area contributed by atoms with E-state index in [2.05, 4.69) is 18.7 Å². The van der Waals surface area contributed by atoms with E-state index in [0.29, 0.717) is 18.6 Å². The van der Waals surface area contributed by atoms with Crippen molar-refractivity contribution >= 4 is 5.97 Å². The molecule has 1 fully saturated rings. The molecule has 0 radical (unpaired) electrons. The predicted molar refractivity (Wildman–Crippen MR) is 62.5 cm³/mol. The number of carboxylic acid groups (broad SMARTS) is 1. The molecular formula is C12H23NO3. The summed E-state index contributed by atoms with van der Waals surface area (Å²) in [6, 6.07) is 0. The van der Waals surface area contributed by atoms with Gasteiger partial charge in [0, 0.05) is 19.7 Å². The molecule has 1 N–H and O–H groups in total. The lowest BCUT2D eigenvalue weighted by atomic mass is 10.1. The molecule has 16 heavy (non-hydrogen) atoms. The largest absolute Gasteiger partial charge is 0.481 e. The molecule has 0 aromatic heterocycles. The molecule has 0 aliphatic carbocycles. The van der Waals surface area contributed by atoms with E-state index in [1.54, 1.807) is 0 Å². The number of hydrogen-bond donors (Lipinski definition) is 1. The Morgan fingerprint density at radius 3 is 2.94 bits per heavy atom. The SMILES string of the molecule is CC(C)COC1CCCN(CCC(=O)O)C1. The lowest BCUT2D eigenvalue weighted by Gasteiger charge is -2.32. The molecule has 0 aromatic carbocycles. The summed E-state index contributed by atoms with van der Waals surface area (Å²) in [4.78, 5) is 12.7. The number of aliphatic carboxylic acids is 1. The summed E-state index contributed by atoms with van der Waals surface area (Å²) in [7, 11) is 0. The minimum absolute atomic E-state index is 0.233. The van der Waals surface area contributed by atoms with Crippen LogP contribution in [-0.2, 0) is 9.53 Å². The number of carboxylic acids is 1. The van der Waals surface area contributed by atoms with Gasteiger partial charge in [-0.1, -0.05) is 13.8 Å². The van der Waals surface area contributed by atoms with Gasteiger partial charge < -0.3 is 14.7 Å². The average Bonchev–Trinajstić information content (AvgIpc) is 2.24. The summed E-state index contributed by atoms with van der Waals surface area (Å²) >= 11 is 0. The third-order valence-corrected chi connectivity index (χ3v) is 2.77. The molecule has 0 amide bonds. The Bertz CT molecular complexity index is 218. The Kier molecular flexibility index (Phi) is 5.77. The smallest absolute Gasteiger partial charge is 0.304 e. The first-order chi connectivity index (χ1) is 7.58. The standard InChI is InChI=1S/C12H23NO3/c1-10(2)9-16-11-4-3-6-13(8-11)7-5-12(14)15/h10-11H,3-9H2,1-2H3,(H,14,15). The van der Waals surface area contributed by atoms with Crippen LogP contribution in [0.5, 0.6) is 0 Å². The summed E-state index contributed by atoms with van der Waals surface area (Å²) in [5.74, 6) is -0.153. The van der Waals surface area contributed by atoms with Crippen molar-refractivity contribution in [2.45, 2.75) is 39.2 Å². The molecule has 1 aliphatic heterocycles. The minimum Gasteiger partial charge on any atom is -0.481 e. The van der Waals surface area contributed by atoms with Crippen LogP contribution in [0.4, 0.5) is 0 Å². The molecule has 0 saturated carbocycles. The molecule has 1 unspecified atom stereocenters. The topological polar surface area (TPSA) is 49.8 Å². The Morgan fingerprint density at radius 2 is 2.31 bits per heavy atom. The van der Waals surface area contributed by atoms with E-state index in [4.69, 9.17) is 9.84 Å². The highest BCUT2D eigenvalue weighted by molar-refractivity contribution is 5.66. The van der Waals surface area contributed by atoms with E-state index in [1.165, 1.54) is 0 Å². The molecule has 1 saturated heterocycles. The summed E-state index contributed by atoms with van der Waals surface area (Å²) in [6.07, 6.45) is 2.75. The quantitative estimate of drug-likeness (QED) is 0.751. The fourth-order valence-corrected chi connectivity index (χ4v) is 1.93. The lowest BCUT2D eigenvalue weighted by molar-refractivity contribution is -0.137. The van der Waals surface area contributed by atoms with Crippen molar-refractivity contribution in [1.82, 2.24) is 4.90 Å². The van der Waals surface area contributed by atoms with Gasteiger partial charge in [-0.25, -0.2) is 0 Å². The number of rotatable bonds is 6. The molecule has 0 spiro atoms. The molecule has 1 aliphatic rings. The van der Waals surface area contributed by atoms with Gasteiger partial charge in [0.25, 0.3) is 0 Å². The van der Waals surface area contributed by atoms with Crippen molar-refractivity contribution in [2.24, 2.45) is 5.92 Å². The molecule has 1 rings (SSSR count). The van der Waals surface area contributed by atoms with Crippen molar-refractivity contribution in [3.8, 4) is 0 Å². The van der Waals surface area contributed by atoms with Crippen LogP contribution in [0.25, 0.3) is 0 Å². The average molecular weight is 229 g/mol. The third kappa shape index (κ3) is 5.47. The van der Waals surface area contributed by atoms with Gasteiger partial charge in [-0.05, 0) is 25.3 Å². The van der Waals surface area contributed by atoms with Gasteiger partial charge >= 0.3 is 5.97 Å². The Balaban J connectivity index is 2.21. The molecule has 94 valence electrons. The maximum Gasteiger partial charge on any atom is 0.304 e. The zero-order chi connectivity index (χ0) is 12.0. The van der Waals surface area contributed by atoms with Gasteiger partial charge in [0.2, 0.25) is 0 Å². The van der Waals surface area contributed by atoms with Gasteiger partial charge in [-0.2, -0.15) is 0 Å². The van der Waals surface area contributed by atoms with Crippen molar-refractivity contribution in [1.29, 1.82) is 0 Å². The van der Waals surface area contributed by atoms with Crippen LogP contribution in [0.1, 0.15) is 33.1 Å². The van der Waals surface area contributed by atoms with E-state index >= 15 is 0 Å². The van der Waals surface area contributed by atoms with Gasteiger partial charge in [-0.3, -0.25) is 4.79 Å². The summed E-state index contributed by atoms with van der Waals surface area (Å²) < 4.78 is 5.79. The normalized spacial score (nSPS) is 22.6. The summed E-state index contributed by atoms with van der Waals surface area (Å²) in [5.41, 5.74) is 0. The Labute approximate surface area is 97.6 Å². The lowest BCUT2D eigenvalue weighted by Crippen LogP contribution is -2.41.